The minimum Gasteiger partial charge on any atom is -0.338 e. The molecule has 0 saturated carbocycles. The second-order valence-corrected chi connectivity index (χ2v) is 4.29. The number of piperidine rings is 1. The molecule has 16 heavy (non-hydrogen) atoms. The molecule has 5 nitrogen and oxygen atoms in total. The van der Waals surface area contributed by atoms with Crippen LogP contribution in [0.25, 0.3) is 0 Å². The van der Waals surface area contributed by atoms with Crippen molar-refractivity contribution in [3.63, 3.8) is 0 Å². The number of hydrogen-bond acceptors (Lipinski definition) is 5. The van der Waals surface area contributed by atoms with Crippen LogP contribution in [0.4, 0.5) is 0 Å². The summed E-state index contributed by atoms with van der Waals surface area (Å²) in [6.07, 6.45) is 2.29. The Morgan fingerprint density at radius 1 is 1.44 bits per heavy atom. The van der Waals surface area contributed by atoms with Crippen molar-refractivity contribution in [2.45, 2.75) is 32.2 Å². The van der Waals surface area contributed by atoms with Crippen molar-refractivity contribution in [3.8, 4) is 0 Å². The van der Waals surface area contributed by atoms with E-state index in [0.717, 1.165) is 38.3 Å². The molecular formula is C11H20N4O. The molecule has 1 N–H and O–H groups in total. The number of hydrogen-bond donors (Lipinski definition) is 1. The Morgan fingerprint density at radius 2 is 2.19 bits per heavy atom. The van der Waals surface area contributed by atoms with Crippen LogP contribution in [-0.4, -0.2) is 41.7 Å². The van der Waals surface area contributed by atoms with Crippen molar-refractivity contribution in [2.24, 2.45) is 0 Å². The van der Waals surface area contributed by atoms with Crippen LogP contribution >= 0.6 is 0 Å². The van der Waals surface area contributed by atoms with Gasteiger partial charge in [-0.15, -0.1) is 0 Å². The number of likely N-dealkylation sites (tertiary alicyclic amines) is 1. The van der Waals surface area contributed by atoms with Crippen molar-refractivity contribution >= 4 is 0 Å². The van der Waals surface area contributed by atoms with Crippen LogP contribution in [0.5, 0.6) is 0 Å². The first kappa shape index (κ1) is 11.5. The molecule has 2 heterocycles. The molecule has 2 rings (SSSR count). The van der Waals surface area contributed by atoms with Gasteiger partial charge in [0.15, 0.2) is 5.82 Å². The van der Waals surface area contributed by atoms with Crippen LogP contribution in [0, 0.1) is 0 Å². The van der Waals surface area contributed by atoms with Crippen LogP contribution < -0.4 is 5.32 Å². The number of nitrogens with one attached hydrogen (secondary N) is 1. The van der Waals surface area contributed by atoms with Crippen LogP contribution in [0.3, 0.4) is 0 Å². The standard InChI is InChI=1S/C11H20N4O/c1-3-15-6-4-9(5-7-15)11-13-10(8-12-2)16-14-11/h9,12H,3-8H2,1-2H3. The first-order valence-corrected chi connectivity index (χ1v) is 6.03. The summed E-state index contributed by atoms with van der Waals surface area (Å²) in [5.74, 6) is 2.06. The van der Waals surface area contributed by atoms with Crippen LogP contribution in [0.15, 0.2) is 4.52 Å². The number of aromatic nitrogens is 2. The minimum atomic E-state index is 0.483. The fourth-order valence-electron chi connectivity index (χ4n) is 2.16. The lowest BCUT2D eigenvalue weighted by atomic mass is 9.96. The van der Waals surface area contributed by atoms with E-state index in [2.05, 4.69) is 27.3 Å². The zero-order valence-corrected chi connectivity index (χ0v) is 10.1. The summed E-state index contributed by atoms with van der Waals surface area (Å²) in [4.78, 5) is 6.88. The number of rotatable bonds is 4. The first-order chi connectivity index (χ1) is 7.83. The van der Waals surface area contributed by atoms with E-state index in [-0.39, 0.29) is 0 Å². The van der Waals surface area contributed by atoms with Gasteiger partial charge in [0.05, 0.1) is 6.54 Å². The van der Waals surface area contributed by atoms with Crippen LogP contribution in [0.2, 0.25) is 0 Å². The smallest absolute Gasteiger partial charge is 0.240 e. The molecule has 1 aromatic rings. The Hall–Kier alpha value is -0.940. The Morgan fingerprint density at radius 3 is 2.81 bits per heavy atom. The summed E-state index contributed by atoms with van der Waals surface area (Å²) in [7, 11) is 1.88. The average Bonchev–Trinajstić information content (AvgIpc) is 2.78. The third-order valence-electron chi connectivity index (χ3n) is 3.21. The molecule has 0 unspecified atom stereocenters. The van der Waals surface area contributed by atoms with E-state index >= 15 is 0 Å². The monoisotopic (exact) mass is 224 g/mol. The maximum Gasteiger partial charge on any atom is 0.240 e. The van der Waals surface area contributed by atoms with Crippen molar-refractivity contribution in [1.29, 1.82) is 0 Å². The molecule has 1 aromatic heterocycles. The van der Waals surface area contributed by atoms with Gasteiger partial charge in [-0.05, 0) is 39.5 Å². The topological polar surface area (TPSA) is 54.2 Å². The maximum atomic E-state index is 5.17. The second-order valence-electron chi connectivity index (χ2n) is 4.29. The largest absolute Gasteiger partial charge is 0.338 e. The van der Waals surface area contributed by atoms with Gasteiger partial charge in [-0.3, -0.25) is 0 Å². The van der Waals surface area contributed by atoms with E-state index in [4.69, 9.17) is 4.52 Å². The molecule has 0 radical (unpaired) electrons. The summed E-state index contributed by atoms with van der Waals surface area (Å²) in [5, 5.41) is 7.08. The van der Waals surface area contributed by atoms with Gasteiger partial charge in [-0.1, -0.05) is 12.1 Å². The van der Waals surface area contributed by atoms with E-state index in [9.17, 15) is 0 Å². The summed E-state index contributed by atoms with van der Waals surface area (Å²) < 4.78 is 5.17. The quantitative estimate of drug-likeness (QED) is 0.826. The predicted molar refractivity (Wildman–Crippen MR) is 61.2 cm³/mol. The van der Waals surface area contributed by atoms with Crippen molar-refractivity contribution in [2.75, 3.05) is 26.7 Å². The van der Waals surface area contributed by atoms with Gasteiger partial charge in [0, 0.05) is 5.92 Å². The molecule has 0 aromatic carbocycles. The van der Waals surface area contributed by atoms with Gasteiger partial charge >= 0.3 is 0 Å². The fraction of sp³-hybridized carbons (Fsp3) is 0.818. The highest BCUT2D eigenvalue weighted by molar-refractivity contribution is 4.97. The van der Waals surface area contributed by atoms with Gasteiger partial charge in [0.2, 0.25) is 5.89 Å². The van der Waals surface area contributed by atoms with E-state index < -0.39 is 0 Å². The Bertz CT molecular complexity index is 318. The first-order valence-electron chi connectivity index (χ1n) is 6.03. The molecule has 0 bridgehead atoms. The van der Waals surface area contributed by atoms with Crippen molar-refractivity contribution in [3.05, 3.63) is 11.7 Å². The second kappa shape index (κ2) is 5.41. The summed E-state index contributed by atoms with van der Waals surface area (Å²) in [6, 6.07) is 0. The normalized spacial score (nSPS) is 19.1. The number of nitrogens with zero attached hydrogens (tertiary/aromatic N) is 3. The highest BCUT2D eigenvalue weighted by Gasteiger charge is 2.23. The SMILES string of the molecule is CCN1CCC(c2noc(CNC)n2)CC1. The molecule has 1 aliphatic rings. The molecule has 0 spiro atoms. The minimum absolute atomic E-state index is 0.483. The third kappa shape index (κ3) is 2.59. The highest BCUT2D eigenvalue weighted by Crippen LogP contribution is 2.25. The van der Waals surface area contributed by atoms with E-state index in [1.54, 1.807) is 0 Å². The Labute approximate surface area is 96.2 Å². The third-order valence-corrected chi connectivity index (χ3v) is 3.21. The highest BCUT2D eigenvalue weighted by atomic mass is 16.5. The van der Waals surface area contributed by atoms with Gasteiger partial charge < -0.3 is 14.7 Å². The van der Waals surface area contributed by atoms with Gasteiger partial charge in [-0.25, -0.2) is 0 Å². The molecule has 1 saturated heterocycles. The zero-order chi connectivity index (χ0) is 11.4. The Kier molecular flexibility index (Phi) is 3.90. The maximum absolute atomic E-state index is 5.17. The Balaban J connectivity index is 1.92. The molecule has 0 aliphatic carbocycles. The van der Waals surface area contributed by atoms with Crippen molar-refractivity contribution in [1.82, 2.24) is 20.4 Å². The molecule has 0 atom stereocenters. The van der Waals surface area contributed by atoms with Crippen molar-refractivity contribution < 1.29 is 4.52 Å². The lowest BCUT2D eigenvalue weighted by Crippen LogP contribution is -2.32. The predicted octanol–water partition coefficient (Wildman–Crippen LogP) is 0.988. The summed E-state index contributed by atoms with van der Waals surface area (Å²) in [6.45, 7) is 6.30. The molecule has 5 heteroatoms. The van der Waals surface area contributed by atoms with Gasteiger partial charge in [0.25, 0.3) is 0 Å². The van der Waals surface area contributed by atoms with Crippen LogP contribution in [-0.2, 0) is 6.54 Å². The van der Waals surface area contributed by atoms with E-state index in [1.807, 2.05) is 7.05 Å². The van der Waals surface area contributed by atoms with Crippen LogP contribution in [0.1, 0.15) is 37.4 Å². The van der Waals surface area contributed by atoms with Gasteiger partial charge in [-0.2, -0.15) is 4.98 Å². The lowest BCUT2D eigenvalue weighted by molar-refractivity contribution is 0.217. The molecular weight excluding hydrogens is 204 g/mol. The average molecular weight is 224 g/mol. The molecule has 1 fully saturated rings. The lowest BCUT2D eigenvalue weighted by Gasteiger charge is -2.29. The fourth-order valence-corrected chi connectivity index (χ4v) is 2.16. The van der Waals surface area contributed by atoms with E-state index in [1.165, 1.54) is 0 Å². The molecule has 0 amide bonds. The summed E-state index contributed by atoms with van der Waals surface area (Å²) in [5.41, 5.74) is 0. The van der Waals surface area contributed by atoms with E-state index in [0.29, 0.717) is 18.4 Å². The zero-order valence-electron chi connectivity index (χ0n) is 10.1. The van der Waals surface area contributed by atoms with Gasteiger partial charge in [0.1, 0.15) is 0 Å². The molecule has 1 aliphatic heterocycles. The molecule has 90 valence electrons. The summed E-state index contributed by atoms with van der Waals surface area (Å²) >= 11 is 0.